The number of nitrogens with zero attached hydrogens (tertiary/aromatic N) is 2. The van der Waals surface area contributed by atoms with Gasteiger partial charge < -0.3 is 15.0 Å². The zero-order valence-electron chi connectivity index (χ0n) is 21.2. The van der Waals surface area contributed by atoms with Crippen molar-refractivity contribution in [3.63, 3.8) is 0 Å². The number of carbonyl (C=O) groups excluding carboxylic acids is 3. The number of ether oxygens (including phenoxy) is 1. The molecule has 0 aliphatic carbocycles. The highest BCUT2D eigenvalue weighted by molar-refractivity contribution is 8.12. The van der Waals surface area contributed by atoms with Gasteiger partial charge in [0.25, 0.3) is 0 Å². The summed E-state index contributed by atoms with van der Waals surface area (Å²) in [5, 5.41) is 4.23. The number of thioether (sulfide) groups is 1. The third-order valence-corrected chi connectivity index (χ3v) is 7.02. The molecule has 1 fully saturated rings. The van der Waals surface area contributed by atoms with Crippen LogP contribution < -0.4 is 5.32 Å². The van der Waals surface area contributed by atoms with Gasteiger partial charge in [0.1, 0.15) is 10.9 Å². The van der Waals surface area contributed by atoms with Crippen LogP contribution in [0.5, 0.6) is 0 Å². The lowest BCUT2D eigenvalue weighted by Crippen LogP contribution is -2.57. The Balaban J connectivity index is 1.48. The number of likely N-dealkylation sites (tertiary alicyclic amines) is 1. The molecule has 0 radical (unpaired) electrons. The Morgan fingerprint density at radius 3 is 2.41 bits per heavy atom. The molecule has 3 aromatic carbocycles. The number of rotatable bonds is 8. The SMILES string of the molecule is CC(C)(C)OC(=O)NCC1CCN1C(=O)C(SC=Nc1cc2ccccc2cc1C=O)c1ccccc1. The number of fused-ring (bicyclic) bond motifs is 1. The van der Waals surface area contributed by atoms with Crippen molar-refractivity contribution in [2.45, 2.75) is 44.1 Å². The predicted molar refractivity (Wildman–Crippen MR) is 149 cm³/mol. The van der Waals surface area contributed by atoms with Crippen LogP contribution in [-0.4, -0.2) is 53.5 Å². The van der Waals surface area contributed by atoms with Gasteiger partial charge in [-0.15, -0.1) is 0 Å². The van der Waals surface area contributed by atoms with Gasteiger partial charge in [-0.25, -0.2) is 9.79 Å². The summed E-state index contributed by atoms with van der Waals surface area (Å²) in [6, 6.07) is 21.0. The Hall–Kier alpha value is -3.65. The molecule has 4 rings (SSSR count). The van der Waals surface area contributed by atoms with Gasteiger partial charge in [-0.3, -0.25) is 9.59 Å². The molecule has 3 aromatic rings. The maximum atomic E-state index is 13.6. The van der Waals surface area contributed by atoms with Gasteiger partial charge >= 0.3 is 6.09 Å². The molecule has 37 heavy (non-hydrogen) atoms. The zero-order valence-corrected chi connectivity index (χ0v) is 22.0. The first-order valence-corrected chi connectivity index (χ1v) is 13.2. The number of carbonyl (C=O) groups is 3. The Kier molecular flexibility index (Phi) is 8.28. The summed E-state index contributed by atoms with van der Waals surface area (Å²) in [5.74, 6) is -0.0426. The molecule has 0 aromatic heterocycles. The summed E-state index contributed by atoms with van der Waals surface area (Å²) in [7, 11) is 0. The van der Waals surface area contributed by atoms with E-state index in [1.165, 1.54) is 11.8 Å². The molecule has 0 bridgehead atoms. The van der Waals surface area contributed by atoms with E-state index in [1.54, 1.807) is 10.4 Å². The molecule has 2 atom stereocenters. The van der Waals surface area contributed by atoms with Crippen LogP contribution in [0.2, 0.25) is 0 Å². The van der Waals surface area contributed by atoms with E-state index < -0.39 is 16.9 Å². The summed E-state index contributed by atoms with van der Waals surface area (Å²) in [6.07, 6.45) is 1.11. The van der Waals surface area contributed by atoms with Crippen LogP contribution in [0.3, 0.4) is 0 Å². The molecular formula is C29H31N3O4S. The third-order valence-electron chi connectivity index (χ3n) is 6.05. The summed E-state index contributed by atoms with van der Waals surface area (Å²) in [4.78, 5) is 43.7. The quantitative estimate of drug-likeness (QED) is 0.228. The molecule has 1 aliphatic rings. The molecule has 1 saturated heterocycles. The van der Waals surface area contributed by atoms with Gasteiger partial charge in [0.15, 0.2) is 6.29 Å². The van der Waals surface area contributed by atoms with Crippen molar-refractivity contribution in [1.82, 2.24) is 10.2 Å². The van der Waals surface area contributed by atoms with Crippen molar-refractivity contribution < 1.29 is 19.1 Å². The van der Waals surface area contributed by atoms with E-state index in [-0.39, 0.29) is 11.9 Å². The van der Waals surface area contributed by atoms with E-state index in [1.807, 2.05) is 87.5 Å². The molecule has 1 heterocycles. The topological polar surface area (TPSA) is 88.1 Å². The molecule has 1 aliphatic heterocycles. The molecule has 192 valence electrons. The van der Waals surface area contributed by atoms with Gasteiger partial charge in [-0.2, -0.15) is 0 Å². The summed E-state index contributed by atoms with van der Waals surface area (Å²) in [5.41, 5.74) is 2.98. The fraction of sp³-hybridized carbons (Fsp3) is 0.310. The largest absolute Gasteiger partial charge is 0.444 e. The lowest BCUT2D eigenvalue weighted by atomic mass is 10.0. The molecule has 7 nitrogen and oxygen atoms in total. The van der Waals surface area contributed by atoms with Crippen LogP contribution in [0, 0.1) is 0 Å². The van der Waals surface area contributed by atoms with Crippen molar-refractivity contribution >= 4 is 52.1 Å². The average Bonchev–Trinajstić information content (AvgIpc) is 2.85. The smallest absolute Gasteiger partial charge is 0.407 e. The number of aldehydes is 1. The van der Waals surface area contributed by atoms with Gasteiger partial charge in [0.2, 0.25) is 5.91 Å². The first kappa shape index (κ1) is 26.4. The molecule has 0 spiro atoms. The van der Waals surface area contributed by atoms with Crippen LogP contribution in [-0.2, 0) is 9.53 Å². The second-order valence-corrected chi connectivity index (χ2v) is 10.8. The number of aliphatic imine (C=N–C) groups is 1. The number of alkyl carbamates (subject to hydrolysis) is 1. The van der Waals surface area contributed by atoms with E-state index in [9.17, 15) is 14.4 Å². The van der Waals surface area contributed by atoms with Crippen LogP contribution in [0.25, 0.3) is 10.8 Å². The van der Waals surface area contributed by atoms with Crippen molar-refractivity contribution in [2.24, 2.45) is 4.99 Å². The molecule has 0 saturated carbocycles. The van der Waals surface area contributed by atoms with Gasteiger partial charge in [0, 0.05) is 18.7 Å². The molecule has 2 unspecified atom stereocenters. The summed E-state index contributed by atoms with van der Waals surface area (Å²) in [6.45, 7) is 6.39. The maximum Gasteiger partial charge on any atom is 0.407 e. The second-order valence-electron chi connectivity index (χ2n) is 9.89. The van der Waals surface area contributed by atoms with Crippen molar-refractivity contribution in [2.75, 3.05) is 13.1 Å². The lowest BCUT2D eigenvalue weighted by Gasteiger charge is -2.42. The number of hydrogen-bond donors (Lipinski definition) is 1. The predicted octanol–water partition coefficient (Wildman–Crippen LogP) is 5.91. The van der Waals surface area contributed by atoms with Crippen molar-refractivity contribution in [1.29, 1.82) is 0 Å². The van der Waals surface area contributed by atoms with E-state index in [2.05, 4.69) is 10.3 Å². The van der Waals surface area contributed by atoms with Crippen molar-refractivity contribution in [3.05, 3.63) is 77.9 Å². The van der Waals surface area contributed by atoms with Gasteiger partial charge in [0.05, 0.1) is 17.3 Å². The van der Waals surface area contributed by atoms with E-state index >= 15 is 0 Å². The van der Waals surface area contributed by atoms with E-state index in [0.29, 0.717) is 24.3 Å². The molecule has 8 heteroatoms. The Labute approximate surface area is 221 Å². The number of amides is 2. The van der Waals surface area contributed by atoms with Crippen molar-refractivity contribution in [3.8, 4) is 0 Å². The van der Waals surface area contributed by atoms with Gasteiger partial charge in [-0.1, -0.05) is 66.4 Å². The van der Waals surface area contributed by atoms with Crippen LogP contribution in [0.1, 0.15) is 48.4 Å². The zero-order chi connectivity index (χ0) is 26.4. The number of hydrogen-bond acceptors (Lipinski definition) is 6. The fourth-order valence-electron chi connectivity index (χ4n) is 4.12. The highest BCUT2D eigenvalue weighted by Gasteiger charge is 2.37. The molecular weight excluding hydrogens is 486 g/mol. The highest BCUT2D eigenvalue weighted by Crippen LogP contribution is 2.34. The summed E-state index contributed by atoms with van der Waals surface area (Å²) < 4.78 is 5.31. The normalized spacial score (nSPS) is 16.3. The first-order chi connectivity index (χ1) is 17.7. The fourth-order valence-corrected chi connectivity index (χ4v) is 4.98. The lowest BCUT2D eigenvalue weighted by molar-refractivity contribution is -0.138. The van der Waals surface area contributed by atoms with Crippen LogP contribution in [0.15, 0.2) is 71.7 Å². The highest BCUT2D eigenvalue weighted by atomic mass is 32.2. The Morgan fingerprint density at radius 2 is 1.78 bits per heavy atom. The molecule has 1 N–H and O–H groups in total. The van der Waals surface area contributed by atoms with E-state index in [0.717, 1.165) is 29.0 Å². The standard InChI is InChI=1S/C29H31N3O4S/c1-29(2,3)36-28(35)30-17-24-13-14-32(24)27(34)26(20-9-5-4-6-10-20)37-19-31-25-16-22-12-8-7-11-21(22)15-23(25)18-33/h4-12,15-16,18-19,24,26H,13-14,17H2,1-3H3,(H,30,35). The third kappa shape index (κ3) is 6.77. The monoisotopic (exact) mass is 517 g/mol. The van der Waals surface area contributed by atoms with Gasteiger partial charge in [-0.05, 0) is 55.7 Å². The molecule has 2 amide bonds. The minimum atomic E-state index is -0.581. The first-order valence-electron chi connectivity index (χ1n) is 12.2. The average molecular weight is 518 g/mol. The Bertz CT molecular complexity index is 1300. The van der Waals surface area contributed by atoms with Crippen LogP contribution >= 0.6 is 11.8 Å². The minimum Gasteiger partial charge on any atom is -0.444 e. The number of nitrogens with one attached hydrogen (secondary N) is 1. The number of benzene rings is 3. The second kappa shape index (κ2) is 11.6. The minimum absolute atomic E-state index is 0.0426. The maximum absolute atomic E-state index is 13.6. The van der Waals surface area contributed by atoms with Crippen LogP contribution in [0.4, 0.5) is 10.5 Å². The Morgan fingerprint density at radius 1 is 1.11 bits per heavy atom. The summed E-state index contributed by atoms with van der Waals surface area (Å²) >= 11 is 1.30. The van der Waals surface area contributed by atoms with E-state index in [4.69, 9.17) is 4.74 Å².